The highest BCUT2D eigenvalue weighted by atomic mass is 35.5. The fourth-order valence-electron chi connectivity index (χ4n) is 4.10. The number of carbonyl (C=O) groups excluding carboxylic acids is 1. The van der Waals surface area contributed by atoms with Crippen molar-refractivity contribution in [2.24, 2.45) is 0 Å². The summed E-state index contributed by atoms with van der Waals surface area (Å²) in [6, 6.07) is 11.9. The first-order chi connectivity index (χ1) is 15.1. The Morgan fingerprint density at radius 2 is 2.03 bits per heavy atom. The van der Waals surface area contributed by atoms with Gasteiger partial charge in [-0.1, -0.05) is 54.7 Å². The number of benzene rings is 3. The lowest BCUT2D eigenvalue weighted by atomic mass is 9.90. The molecule has 32 heavy (non-hydrogen) atoms. The van der Waals surface area contributed by atoms with Crippen LogP contribution in [0.1, 0.15) is 12.5 Å². The Kier molecular flexibility index (Phi) is 5.56. The molecule has 164 valence electrons. The molecule has 5 nitrogen and oxygen atoms in total. The Morgan fingerprint density at radius 3 is 2.72 bits per heavy atom. The summed E-state index contributed by atoms with van der Waals surface area (Å²) in [5.41, 5.74) is 6.44. The molecule has 0 radical (unpaired) electrons. The van der Waals surface area contributed by atoms with Crippen LogP contribution in [0.5, 0.6) is 5.75 Å². The third kappa shape index (κ3) is 3.78. The molecule has 1 aliphatic heterocycles. The number of phenols is 1. The molecule has 0 atom stereocenters. The number of anilines is 1. The number of hydrogen-bond donors (Lipinski definition) is 3. The van der Waals surface area contributed by atoms with Crippen LogP contribution in [-0.4, -0.2) is 39.5 Å². The molecule has 1 heterocycles. The minimum absolute atomic E-state index is 0.00577. The predicted octanol–water partition coefficient (Wildman–Crippen LogP) is 4.64. The summed E-state index contributed by atoms with van der Waals surface area (Å²) in [6.45, 7) is 6.24. The summed E-state index contributed by atoms with van der Waals surface area (Å²) in [4.78, 5) is 13.8. The van der Waals surface area contributed by atoms with Crippen LogP contribution in [0.4, 0.5) is 10.1 Å². The quantitative estimate of drug-likeness (QED) is 0.295. The Balaban J connectivity index is 1.70. The van der Waals surface area contributed by atoms with E-state index in [2.05, 4.69) is 11.9 Å². The number of amides is 1. The van der Waals surface area contributed by atoms with Crippen molar-refractivity contribution < 1.29 is 14.3 Å². The van der Waals surface area contributed by atoms with Crippen molar-refractivity contribution in [2.75, 3.05) is 18.8 Å². The lowest BCUT2D eigenvalue weighted by Crippen LogP contribution is -2.69. The Morgan fingerprint density at radius 1 is 1.34 bits per heavy atom. The molecule has 3 aromatic rings. The van der Waals surface area contributed by atoms with Crippen LogP contribution in [0.15, 0.2) is 55.1 Å². The lowest BCUT2D eigenvalue weighted by molar-refractivity contribution is -0.119. The zero-order valence-electron chi connectivity index (χ0n) is 17.3. The summed E-state index contributed by atoms with van der Waals surface area (Å²) in [5.74, 6) is -0.975. The number of nitrogens with two attached hydrogens (primary N) is 1. The van der Waals surface area contributed by atoms with Crippen molar-refractivity contribution in [3.05, 3.63) is 71.5 Å². The van der Waals surface area contributed by atoms with Gasteiger partial charge in [-0.25, -0.2) is 4.39 Å². The van der Waals surface area contributed by atoms with Crippen LogP contribution in [0.3, 0.4) is 0 Å². The zero-order chi connectivity index (χ0) is 23.2. The van der Waals surface area contributed by atoms with E-state index >= 15 is 4.39 Å². The maximum atomic E-state index is 15.5. The molecular weight excluding hydrogens is 449 g/mol. The van der Waals surface area contributed by atoms with Crippen molar-refractivity contribution in [1.82, 2.24) is 10.2 Å². The first-order valence-electron chi connectivity index (χ1n) is 9.87. The van der Waals surface area contributed by atoms with Crippen molar-refractivity contribution in [2.45, 2.75) is 12.5 Å². The standard InChI is InChI=1S/C24H21ClFN3O2S/c1-3-19(31)28-24(2)11-29(12-24)23(32)17-10-18(25)20(21(26)22(17)27)16-9-14(30)8-13-6-4-5-7-15(13)16/h3-10,30H,1,11-12,27H2,2H3,(H,28,31). The molecular formula is C24H21ClFN3O2S. The van der Waals surface area contributed by atoms with Crippen LogP contribution in [-0.2, 0) is 4.79 Å². The number of likely N-dealkylation sites (tertiary alicyclic amines) is 1. The maximum Gasteiger partial charge on any atom is 0.243 e. The van der Waals surface area contributed by atoms with Crippen LogP contribution < -0.4 is 11.1 Å². The predicted molar refractivity (Wildman–Crippen MR) is 130 cm³/mol. The molecule has 0 saturated carbocycles. The van der Waals surface area contributed by atoms with Gasteiger partial charge in [0.15, 0.2) is 5.82 Å². The summed E-state index contributed by atoms with van der Waals surface area (Å²) in [6.07, 6.45) is 1.21. The first kappa shape index (κ1) is 22.0. The van der Waals surface area contributed by atoms with E-state index < -0.39 is 11.4 Å². The van der Waals surface area contributed by atoms with Gasteiger partial charge in [-0.3, -0.25) is 4.79 Å². The lowest BCUT2D eigenvalue weighted by Gasteiger charge is -2.49. The van der Waals surface area contributed by atoms with Crippen molar-refractivity contribution in [3.8, 4) is 16.9 Å². The number of phenolic OH excluding ortho intramolecular Hbond substituents is 1. The van der Waals surface area contributed by atoms with Gasteiger partial charge in [0.05, 0.1) is 16.2 Å². The minimum Gasteiger partial charge on any atom is -0.508 e. The molecule has 1 fully saturated rings. The van der Waals surface area contributed by atoms with E-state index in [1.807, 2.05) is 36.1 Å². The van der Waals surface area contributed by atoms with E-state index in [9.17, 15) is 9.90 Å². The molecule has 0 spiro atoms. The summed E-state index contributed by atoms with van der Waals surface area (Å²) < 4.78 is 15.5. The van der Waals surface area contributed by atoms with Gasteiger partial charge in [0.25, 0.3) is 0 Å². The van der Waals surface area contributed by atoms with Gasteiger partial charge in [0, 0.05) is 24.2 Å². The minimum atomic E-state index is -0.700. The van der Waals surface area contributed by atoms with Crippen molar-refractivity contribution in [3.63, 3.8) is 0 Å². The highest BCUT2D eigenvalue weighted by molar-refractivity contribution is 7.80. The SMILES string of the molecule is C=CC(=O)NC1(C)CN(C(=S)c2cc(Cl)c(-c3cc(O)cc4ccccc34)c(F)c2N)C1. The molecule has 0 bridgehead atoms. The molecule has 0 aromatic heterocycles. The Labute approximate surface area is 195 Å². The van der Waals surface area contributed by atoms with Crippen molar-refractivity contribution in [1.29, 1.82) is 0 Å². The van der Waals surface area contributed by atoms with Gasteiger partial charge in [-0.15, -0.1) is 0 Å². The van der Waals surface area contributed by atoms with E-state index in [4.69, 9.17) is 29.6 Å². The second kappa shape index (κ2) is 8.07. The molecule has 4 N–H and O–H groups in total. The van der Waals surface area contributed by atoms with Crippen LogP contribution in [0.25, 0.3) is 21.9 Å². The average molecular weight is 470 g/mol. The van der Waals surface area contributed by atoms with Gasteiger partial charge in [-0.05, 0) is 47.5 Å². The number of nitrogens with one attached hydrogen (secondary N) is 1. The second-order valence-corrected chi connectivity index (χ2v) is 8.93. The monoisotopic (exact) mass is 469 g/mol. The van der Waals surface area contributed by atoms with Crippen molar-refractivity contribution >= 4 is 51.2 Å². The smallest absolute Gasteiger partial charge is 0.243 e. The van der Waals surface area contributed by atoms with E-state index in [1.165, 1.54) is 12.1 Å². The summed E-state index contributed by atoms with van der Waals surface area (Å²) in [5, 5.41) is 14.6. The fraction of sp³-hybridized carbons (Fsp3) is 0.167. The molecule has 8 heteroatoms. The largest absolute Gasteiger partial charge is 0.508 e. The molecule has 0 aliphatic carbocycles. The van der Waals surface area contributed by atoms with Gasteiger partial charge in [-0.2, -0.15) is 0 Å². The molecule has 1 aliphatic rings. The normalized spacial score (nSPS) is 14.7. The molecule has 1 amide bonds. The van der Waals surface area contributed by atoms with Gasteiger partial charge >= 0.3 is 0 Å². The molecule has 0 unspecified atom stereocenters. The Hall–Kier alpha value is -3.16. The third-order valence-electron chi connectivity index (χ3n) is 5.58. The molecule has 3 aromatic carbocycles. The number of thiocarbonyl (C=S) groups is 1. The number of hydrogen-bond acceptors (Lipinski definition) is 4. The number of fused-ring (bicyclic) bond motifs is 1. The van der Waals surface area contributed by atoms with Crippen LogP contribution in [0.2, 0.25) is 5.02 Å². The number of aromatic hydroxyl groups is 1. The highest BCUT2D eigenvalue weighted by Crippen LogP contribution is 2.41. The van der Waals surface area contributed by atoms with Gasteiger partial charge in [0.1, 0.15) is 10.7 Å². The number of nitrogens with zero attached hydrogens (tertiary/aromatic N) is 1. The van der Waals surface area contributed by atoms with Gasteiger partial charge in [0.2, 0.25) is 5.91 Å². The first-order valence-corrected chi connectivity index (χ1v) is 10.7. The third-order valence-corrected chi connectivity index (χ3v) is 6.36. The van der Waals surface area contributed by atoms with Crippen LogP contribution in [0, 0.1) is 5.82 Å². The topological polar surface area (TPSA) is 78.6 Å². The van der Waals surface area contributed by atoms with E-state index in [0.717, 1.165) is 10.8 Å². The number of nitrogen functional groups attached to an aromatic ring is 1. The van der Waals surface area contributed by atoms with E-state index in [1.54, 1.807) is 12.1 Å². The maximum absolute atomic E-state index is 15.5. The number of carbonyl (C=O) groups is 1. The summed E-state index contributed by atoms with van der Waals surface area (Å²) in [7, 11) is 0. The average Bonchev–Trinajstić information content (AvgIpc) is 2.73. The van der Waals surface area contributed by atoms with Crippen LogP contribution >= 0.6 is 23.8 Å². The van der Waals surface area contributed by atoms with E-state index in [-0.39, 0.29) is 27.9 Å². The van der Waals surface area contributed by atoms with E-state index in [0.29, 0.717) is 29.2 Å². The highest BCUT2D eigenvalue weighted by Gasteiger charge is 2.41. The number of rotatable bonds is 4. The zero-order valence-corrected chi connectivity index (χ0v) is 18.9. The van der Waals surface area contributed by atoms with Gasteiger partial charge < -0.3 is 21.1 Å². The second-order valence-electron chi connectivity index (χ2n) is 8.14. The number of halogens is 2. The fourth-order valence-corrected chi connectivity index (χ4v) is 4.69. The summed E-state index contributed by atoms with van der Waals surface area (Å²) >= 11 is 12.1. The molecule has 4 rings (SSSR count). The Bertz CT molecular complexity index is 1290. The molecule has 1 saturated heterocycles.